The topological polar surface area (TPSA) is 107 Å². The lowest BCUT2D eigenvalue weighted by Crippen LogP contribution is -2.29. The maximum atomic E-state index is 13.1. The van der Waals surface area contributed by atoms with Crippen LogP contribution in [-0.4, -0.2) is 34.1 Å². The molecule has 1 heterocycles. The Morgan fingerprint density at radius 1 is 0.903 bits per heavy atom. The van der Waals surface area contributed by atoms with Gasteiger partial charge in [-0.1, -0.05) is 36.4 Å². The van der Waals surface area contributed by atoms with E-state index in [0.717, 1.165) is 4.90 Å². The molecule has 156 valence electrons. The molecule has 1 fully saturated rings. The van der Waals surface area contributed by atoms with E-state index < -0.39 is 23.5 Å². The molecular formula is C24H19NO6. The predicted molar refractivity (Wildman–Crippen MR) is 114 cm³/mol. The van der Waals surface area contributed by atoms with Gasteiger partial charge in [0.15, 0.2) is 0 Å². The van der Waals surface area contributed by atoms with E-state index in [4.69, 9.17) is 4.74 Å². The SMILES string of the molecule is COc1ccccc1/C(O)=C1/C(=O)C(=O)N(c2ccccc2O)C1c1ccc(O)cc1. The van der Waals surface area contributed by atoms with Crippen molar-refractivity contribution in [2.45, 2.75) is 6.04 Å². The molecule has 3 aromatic rings. The van der Waals surface area contributed by atoms with Gasteiger partial charge in [-0.05, 0) is 42.0 Å². The van der Waals surface area contributed by atoms with Crippen LogP contribution in [0.1, 0.15) is 17.2 Å². The van der Waals surface area contributed by atoms with Crippen LogP contribution < -0.4 is 9.64 Å². The van der Waals surface area contributed by atoms with E-state index >= 15 is 0 Å². The van der Waals surface area contributed by atoms with Gasteiger partial charge < -0.3 is 20.1 Å². The Kier molecular flexibility index (Phi) is 5.09. The Hall–Kier alpha value is -4.26. The van der Waals surface area contributed by atoms with Crippen LogP contribution in [0, 0.1) is 0 Å². The molecule has 1 aliphatic heterocycles. The highest BCUT2D eigenvalue weighted by Gasteiger charge is 2.47. The van der Waals surface area contributed by atoms with Gasteiger partial charge in [-0.15, -0.1) is 0 Å². The average Bonchev–Trinajstić information content (AvgIpc) is 3.04. The third-order valence-corrected chi connectivity index (χ3v) is 5.16. The summed E-state index contributed by atoms with van der Waals surface area (Å²) in [5, 5.41) is 31.2. The van der Waals surface area contributed by atoms with Crippen LogP contribution in [0.5, 0.6) is 17.2 Å². The number of hydrogen-bond acceptors (Lipinski definition) is 6. The lowest BCUT2D eigenvalue weighted by Gasteiger charge is -2.26. The molecule has 3 N–H and O–H groups in total. The number of Topliss-reactive ketones (excluding diaryl/α,β-unsaturated/α-hetero) is 1. The first-order chi connectivity index (χ1) is 14.9. The summed E-state index contributed by atoms with van der Waals surface area (Å²) in [4.78, 5) is 27.3. The highest BCUT2D eigenvalue weighted by atomic mass is 16.5. The third kappa shape index (κ3) is 3.36. The van der Waals surface area contributed by atoms with Crippen LogP contribution in [0.4, 0.5) is 5.69 Å². The fraction of sp³-hybridized carbons (Fsp3) is 0.0833. The fourth-order valence-electron chi connectivity index (χ4n) is 3.71. The molecule has 4 rings (SSSR count). The molecule has 3 aromatic carbocycles. The van der Waals surface area contributed by atoms with Crippen molar-refractivity contribution in [3.63, 3.8) is 0 Å². The van der Waals surface area contributed by atoms with Crippen LogP contribution in [0.2, 0.25) is 0 Å². The van der Waals surface area contributed by atoms with Crippen molar-refractivity contribution in [2.75, 3.05) is 12.0 Å². The summed E-state index contributed by atoms with van der Waals surface area (Å²) in [5.74, 6) is -2.04. The summed E-state index contributed by atoms with van der Waals surface area (Å²) < 4.78 is 5.30. The number of rotatable bonds is 4. The molecule has 0 bridgehead atoms. The molecule has 1 atom stereocenters. The van der Waals surface area contributed by atoms with Gasteiger partial charge >= 0.3 is 0 Å². The molecule has 31 heavy (non-hydrogen) atoms. The lowest BCUT2D eigenvalue weighted by atomic mass is 9.94. The Morgan fingerprint density at radius 3 is 2.23 bits per heavy atom. The summed E-state index contributed by atoms with van der Waals surface area (Å²) >= 11 is 0. The number of aliphatic hydroxyl groups is 1. The van der Waals surface area contributed by atoms with Gasteiger partial charge in [-0.3, -0.25) is 14.5 Å². The Bertz CT molecular complexity index is 1200. The molecule has 7 heteroatoms. The molecule has 0 spiro atoms. The second kappa shape index (κ2) is 7.87. The number of benzene rings is 3. The summed E-state index contributed by atoms with van der Waals surface area (Å²) in [5.41, 5.74) is 0.700. The number of hydrogen-bond donors (Lipinski definition) is 3. The lowest BCUT2D eigenvalue weighted by molar-refractivity contribution is -0.132. The zero-order valence-corrected chi connectivity index (χ0v) is 16.5. The van der Waals surface area contributed by atoms with Crippen LogP contribution in [0.25, 0.3) is 5.76 Å². The molecule has 7 nitrogen and oxygen atoms in total. The van der Waals surface area contributed by atoms with Crippen molar-refractivity contribution in [3.8, 4) is 17.2 Å². The number of amides is 1. The molecule has 1 unspecified atom stereocenters. The number of carbonyl (C=O) groups excluding carboxylic acids is 2. The smallest absolute Gasteiger partial charge is 0.300 e. The van der Waals surface area contributed by atoms with Crippen molar-refractivity contribution in [1.82, 2.24) is 0 Å². The van der Waals surface area contributed by atoms with Gasteiger partial charge in [-0.25, -0.2) is 0 Å². The minimum Gasteiger partial charge on any atom is -0.508 e. The molecule has 0 aliphatic carbocycles. The van der Waals surface area contributed by atoms with Crippen molar-refractivity contribution in [1.29, 1.82) is 0 Å². The predicted octanol–water partition coefficient (Wildman–Crippen LogP) is 3.73. The third-order valence-electron chi connectivity index (χ3n) is 5.16. The number of methoxy groups -OCH3 is 1. The van der Waals surface area contributed by atoms with Gasteiger partial charge in [0.1, 0.15) is 23.0 Å². The number of ether oxygens (including phenoxy) is 1. The summed E-state index contributed by atoms with van der Waals surface area (Å²) in [7, 11) is 1.43. The molecule has 1 aliphatic rings. The van der Waals surface area contributed by atoms with E-state index in [9.17, 15) is 24.9 Å². The summed E-state index contributed by atoms with van der Waals surface area (Å²) in [6.07, 6.45) is 0. The van der Waals surface area contributed by atoms with Crippen molar-refractivity contribution in [2.24, 2.45) is 0 Å². The number of phenols is 2. The second-order valence-electron chi connectivity index (χ2n) is 6.95. The first-order valence-electron chi connectivity index (χ1n) is 9.45. The minimum atomic E-state index is -1.03. The van der Waals surface area contributed by atoms with Crippen LogP contribution in [0.15, 0.2) is 78.4 Å². The van der Waals surface area contributed by atoms with Crippen molar-refractivity contribution in [3.05, 3.63) is 89.5 Å². The number of nitrogens with zero attached hydrogens (tertiary/aromatic N) is 1. The van der Waals surface area contributed by atoms with E-state index in [1.165, 1.54) is 31.4 Å². The van der Waals surface area contributed by atoms with Crippen molar-refractivity contribution >= 4 is 23.1 Å². The highest BCUT2D eigenvalue weighted by molar-refractivity contribution is 6.52. The Labute approximate surface area is 178 Å². The van der Waals surface area contributed by atoms with E-state index in [1.54, 1.807) is 48.5 Å². The monoisotopic (exact) mass is 417 g/mol. The Morgan fingerprint density at radius 2 is 1.55 bits per heavy atom. The normalized spacial score (nSPS) is 17.7. The summed E-state index contributed by atoms with van der Waals surface area (Å²) in [6, 6.07) is 17.6. The van der Waals surface area contributed by atoms with E-state index in [1.807, 2.05) is 0 Å². The van der Waals surface area contributed by atoms with Crippen LogP contribution in [0.3, 0.4) is 0 Å². The molecule has 0 radical (unpaired) electrons. The quantitative estimate of drug-likeness (QED) is 0.339. The van der Waals surface area contributed by atoms with Crippen LogP contribution >= 0.6 is 0 Å². The minimum absolute atomic E-state index is 0.00740. The zero-order chi connectivity index (χ0) is 22.1. The van der Waals surface area contributed by atoms with Gasteiger partial charge in [0.05, 0.1) is 30.0 Å². The molecule has 0 saturated carbocycles. The van der Waals surface area contributed by atoms with Gasteiger partial charge in [0, 0.05) is 0 Å². The number of anilines is 1. The maximum Gasteiger partial charge on any atom is 0.300 e. The first-order valence-corrected chi connectivity index (χ1v) is 9.45. The number of ketones is 1. The van der Waals surface area contributed by atoms with E-state index in [2.05, 4.69) is 0 Å². The van der Waals surface area contributed by atoms with Gasteiger partial charge in [-0.2, -0.15) is 0 Å². The standard InChI is InChI=1S/C24H19NO6/c1-31-19-9-5-2-6-16(19)22(28)20-21(14-10-12-15(26)13-11-14)25(24(30)23(20)29)17-7-3-4-8-18(17)27/h2-13,21,26-28H,1H3/b22-20-. The largest absolute Gasteiger partial charge is 0.508 e. The molecule has 1 saturated heterocycles. The number of aliphatic hydroxyl groups excluding tert-OH is 1. The van der Waals surface area contributed by atoms with Gasteiger partial charge in [0.25, 0.3) is 11.7 Å². The number of para-hydroxylation sites is 3. The van der Waals surface area contributed by atoms with Crippen molar-refractivity contribution < 1.29 is 29.6 Å². The number of phenolic OH excluding ortho intramolecular Hbond substituents is 2. The van der Waals surface area contributed by atoms with Crippen LogP contribution in [-0.2, 0) is 9.59 Å². The fourth-order valence-corrected chi connectivity index (χ4v) is 3.71. The molecular weight excluding hydrogens is 398 g/mol. The first kappa shape index (κ1) is 20.0. The van der Waals surface area contributed by atoms with E-state index in [0.29, 0.717) is 11.3 Å². The number of carbonyl (C=O) groups is 2. The molecule has 0 aromatic heterocycles. The van der Waals surface area contributed by atoms with Gasteiger partial charge in [0.2, 0.25) is 0 Å². The average molecular weight is 417 g/mol. The molecule has 1 amide bonds. The maximum absolute atomic E-state index is 13.1. The highest BCUT2D eigenvalue weighted by Crippen LogP contribution is 2.45. The summed E-state index contributed by atoms with van der Waals surface area (Å²) in [6.45, 7) is 0. The Balaban J connectivity index is 1.99. The zero-order valence-electron chi connectivity index (χ0n) is 16.5. The second-order valence-corrected chi connectivity index (χ2v) is 6.95. The van der Waals surface area contributed by atoms with E-state index in [-0.39, 0.29) is 28.3 Å². The number of aromatic hydroxyl groups is 2.